The molecule has 0 radical (unpaired) electrons. The normalized spacial score (nSPS) is 16.1. The molecule has 0 unspecified atom stereocenters. The summed E-state index contributed by atoms with van der Waals surface area (Å²) >= 11 is 0. The minimum Gasteiger partial charge on any atom is -0.492 e. The minimum atomic E-state index is 0.427. The topological polar surface area (TPSA) is 73.8 Å². The highest BCUT2D eigenvalue weighted by atomic mass is 16.5. The number of aromatic nitrogens is 1. The molecule has 2 heterocycles. The standard InChI is InChI=1S/C19H27N3O3/c1-3-23-16-11-14(12-17(18(16)20)24-4-2)13-22-8-5-15(6-9-22)19-21-7-10-25-19/h7,10-12,15H,3-6,8-9,13,20H2,1-2H3. The van der Waals surface area contributed by atoms with Crippen LogP contribution in [-0.2, 0) is 6.54 Å². The Labute approximate surface area is 148 Å². The first-order valence-electron chi connectivity index (χ1n) is 9.01. The van der Waals surface area contributed by atoms with Crippen LogP contribution in [0, 0.1) is 0 Å². The van der Waals surface area contributed by atoms with E-state index in [2.05, 4.69) is 9.88 Å². The van der Waals surface area contributed by atoms with Crippen LogP contribution in [0.25, 0.3) is 0 Å². The van der Waals surface area contributed by atoms with Crippen molar-refractivity contribution in [2.75, 3.05) is 32.0 Å². The smallest absolute Gasteiger partial charge is 0.197 e. The van der Waals surface area contributed by atoms with Gasteiger partial charge in [0.2, 0.25) is 0 Å². The van der Waals surface area contributed by atoms with Crippen LogP contribution in [0.3, 0.4) is 0 Å². The van der Waals surface area contributed by atoms with Gasteiger partial charge < -0.3 is 19.6 Å². The van der Waals surface area contributed by atoms with Gasteiger partial charge in [0, 0.05) is 12.5 Å². The molecule has 0 aliphatic carbocycles. The average molecular weight is 345 g/mol. The van der Waals surface area contributed by atoms with Crippen LogP contribution in [-0.4, -0.2) is 36.2 Å². The number of ether oxygens (including phenoxy) is 2. The van der Waals surface area contributed by atoms with Gasteiger partial charge in [0.25, 0.3) is 0 Å². The van der Waals surface area contributed by atoms with Crippen molar-refractivity contribution >= 4 is 5.69 Å². The second kappa shape index (κ2) is 8.25. The number of rotatable bonds is 7. The lowest BCUT2D eigenvalue weighted by atomic mass is 9.96. The number of benzene rings is 1. The number of anilines is 1. The van der Waals surface area contributed by atoms with Gasteiger partial charge in [-0.15, -0.1) is 0 Å². The van der Waals surface area contributed by atoms with E-state index in [-0.39, 0.29) is 0 Å². The SMILES string of the molecule is CCOc1cc(CN2CCC(c3ncco3)CC2)cc(OCC)c1N. The maximum Gasteiger partial charge on any atom is 0.197 e. The van der Waals surface area contributed by atoms with Gasteiger partial charge in [-0.05, 0) is 57.5 Å². The van der Waals surface area contributed by atoms with Gasteiger partial charge in [-0.2, -0.15) is 0 Å². The summed E-state index contributed by atoms with van der Waals surface area (Å²) in [4.78, 5) is 6.73. The number of hydrogen-bond donors (Lipinski definition) is 1. The van der Waals surface area contributed by atoms with Gasteiger partial charge in [-0.25, -0.2) is 4.98 Å². The first-order chi connectivity index (χ1) is 12.2. The Morgan fingerprint density at radius 3 is 2.32 bits per heavy atom. The molecule has 0 bridgehead atoms. The van der Waals surface area contributed by atoms with E-state index in [1.165, 1.54) is 0 Å². The summed E-state index contributed by atoms with van der Waals surface area (Å²) in [6.07, 6.45) is 5.50. The fourth-order valence-electron chi connectivity index (χ4n) is 3.33. The van der Waals surface area contributed by atoms with E-state index in [1.54, 1.807) is 12.5 Å². The maximum absolute atomic E-state index is 6.15. The van der Waals surface area contributed by atoms with Crippen molar-refractivity contribution in [1.29, 1.82) is 0 Å². The molecule has 2 aromatic rings. The molecular formula is C19H27N3O3. The van der Waals surface area contributed by atoms with Crippen molar-refractivity contribution < 1.29 is 13.9 Å². The van der Waals surface area contributed by atoms with E-state index >= 15 is 0 Å². The molecule has 6 heteroatoms. The van der Waals surface area contributed by atoms with Crippen LogP contribution >= 0.6 is 0 Å². The van der Waals surface area contributed by atoms with Crippen LogP contribution in [0.5, 0.6) is 11.5 Å². The molecule has 1 aromatic heterocycles. The zero-order valence-electron chi connectivity index (χ0n) is 15.0. The largest absolute Gasteiger partial charge is 0.492 e. The Morgan fingerprint density at radius 2 is 1.80 bits per heavy atom. The van der Waals surface area contributed by atoms with E-state index in [0.29, 0.717) is 36.3 Å². The number of hydrogen-bond acceptors (Lipinski definition) is 6. The number of likely N-dealkylation sites (tertiary alicyclic amines) is 1. The molecule has 0 amide bonds. The van der Waals surface area contributed by atoms with Crippen LogP contribution in [0.15, 0.2) is 29.0 Å². The highest BCUT2D eigenvalue weighted by molar-refractivity contribution is 5.64. The average Bonchev–Trinajstić information content (AvgIpc) is 3.15. The van der Waals surface area contributed by atoms with Crippen molar-refractivity contribution in [3.05, 3.63) is 36.0 Å². The van der Waals surface area contributed by atoms with Crippen molar-refractivity contribution in [3.63, 3.8) is 0 Å². The number of nitrogens with two attached hydrogens (primary N) is 1. The molecule has 25 heavy (non-hydrogen) atoms. The summed E-state index contributed by atoms with van der Waals surface area (Å²) in [7, 11) is 0. The second-order valence-electron chi connectivity index (χ2n) is 6.29. The van der Waals surface area contributed by atoms with Crippen LogP contribution in [0.2, 0.25) is 0 Å². The van der Waals surface area contributed by atoms with Gasteiger partial charge >= 0.3 is 0 Å². The molecule has 1 aliphatic heterocycles. The first kappa shape index (κ1) is 17.6. The van der Waals surface area contributed by atoms with Crippen molar-refractivity contribution in [2.24, 2.45) is 0 Å². The van der Waals surface area contributed by atoms with Crippen LogP contribution in [0.4, 0.5) is 5.69 Å². The predicted octanol–water partition coefficient (Wildman–Crippen LogP) is 3.43. The zero-order chi connectivity index (χ0) is 17.6. The molecule has 0 atom stereocenters. The number of piperidine rings is 1. The number of oxazole rings is 1. The van der Waals surface area contributed by atoms with Gasteiger partial charge in [0.15, 0.2) is 5.89 Å². The highest BCUT2D eigenvalue weighted by Gasteiger charge is 2.24. The number of nitrogens with zero attached hydrogens (tertiary/aromatic N) is 2. The van der Waals surface area contributed by atoms with E-state index < -0.39 is 0 Å². The summed E-state index contributed by atoms with van der Waals surface area (Å²) in [5.41, 5.74) is 7.89. The highest BCUT2D eigenvalue weighted by Crippen LogP contribution is 2.35. The molecule has 0 saturated carbocycles. The fraction of sp³-hybridized carbons (Fsp3) is 0.526. The monoisotopic (exact) mass is 345 g/mol. The molecule has 6 nitrogen and oxygen atoms in total. The third-order valence-electron chi connectivity index (χ3n) is 4.56. The van der Waals surface area contributed by atoms with Gasteiger partial charge in [-0.1, -0.05) is 0 Å². The molecule has 1 fully saturated rings. The minimum absolute atomic E-state index is 0.427. The lowest BCUT2D eigenvalue weighted by Crippen LogP contribution is -2.32. The summed E-state index contributed by atoms with van der Waals surface area (Å²) in [6, 6.07) is 4.06. The summed E-state index contributed by atoms with van der Waals surface area (Å²) < 4.78 is 16.8. The van der Waals surface area contributed by atoms with E-state index in [1.807, 2.05) is 26.0 Å². The van der Waals surface area contributed by atoms with Crippen molar-refractivity contribution in [1.82, 2.24) is 9.88 Å². The lowest BCUT2D eigenvalue weighted by molar-refractivity contribution is 0.192. The van der Waals surface area contributed by atoms with E-state index in [9.17, 15) is 0 Å². The Balaban J connectivity index is 1.66. The third-order valence-corrected chi connectivity index (χ3v) is 4.56. The van der Waals surface area contributed by atoms with Crippen molar-refractivity contribution in [2.45, 2.75) is 39.2 Å². The molecular weight excluding hydrogens is 318 g/mol. The van der Waals surface area contributed by atoms with Crippen molar-refractivity contribution in [3.8, 4) is 11.5 Å². The Kier molecular flexibility index (Phi) is 5.81. The second-order valence-corrected chi connectivity index (χ2v) is 6.29. The fourth-order valence-corrected chi connectivity index (χ4v) is 3.33. The Morgan fingerprint density at radius 1 is 1.16 bits per heavy atom. The maximum atomic E-state index is 6.15. The third kappa shape index (κ3) is 4.25. The summed E-state index contributed by atoms with van der Waals surface area (Å²) in [6.45, 7) is 7.98. The molecule has 136 valence electrons. The first-order valence-corrected chi connectivity index (χ1v) is 9.01. The van der Waals surface area contributed by atoms with E-state index in [0.717, 1.165) is 43.9 Å². The lowest BCUT2D eigenvalue weighted by Gasteiger charge is -2.30. The molecule has 1 saturated heterocycles. The van der Waals surface area contributed by atoms with E-state index in [4.69, 9.17) is 19.6 Å². The summed E-state index contributed by atoms with van der Waals surface area (Å²) in [5.74, 6) is 2.70. The summed E-state index contributed by atoms with van der Waals surface area (Å²) in [5, 5.41) is 0. The van der Waals surface area contributed by atoms with Gasteiger partial charge in [0.1, 0.15) is 23.4 Å². The zero-order valence-corrected chi connectivity index (χ0v) is 15.0. The Bertz CT molecular complexity index is 638. The van der Waals surface area contributed by atoms with Gasteiger partial charge in [-0.3, -0.25) is 4.90 Å². The molecule has 0 spiro atoms. The molecule has 2 N–H and O–H groups in total. The van der Waals surface area contributed by atoms with Crippen LogP contribution in [0.1, 0.15) is 44.1 Å². The predicted molar refractivity (Wildman–Crippen MR) is 96.9 cm³/mol. The quantitative estimate of drug-likeness (QED) is 0.775. The Hall–Kier alpha value is -2.21. The molecule has 1 aliphatic rings. The molecule has 3 rings (SSSR count). The van der Waals surface area contributed by atoms with Crippen LogP contribution < -0.4 is 15.2 Å². The number of nitrogen functional groups attached to an aromatic ring is 1. The van der Waals surface area contributed by atoms with Gasteiger partial charge in [0.05, 0.1) is 19.4 Å². The molecule has 1 aromatic carbocycles.